The van der Waals surface area contributed by atoms with E-state index in [-0.39, 0.29) is 22.9 Å². The van der Waals surface area contributed by atoms with Gasteiger partial charge in [0.25, 0.3) is 5.91 Å². The van der Waals surface area contributed by atoms with Crippen molar-refractivity contribution >= 4 is 27.5 Å². The monoisotopic (exact) mass is 424 g/mol. The van der Waals surface area contributed by atoms with E-state index in [1.54, 1.807) is 29.2 Å². The first-order valence-corrected chi connectivity index (χ1v) is 10.6. The molecule has 0 atom stereocenters. The predicted molar refractivity (Wildman–Crippen MR) is 105 cm³/mol. The number of methoxy groups -OCH3 is 1. The Labute approximate surface area is 169 Å². The van der Waals surface area contributed by atoms with Gasteiger partial charge in [-0.3, -0.25) is 4.79 Å². The van der Waals surface area contributed by atoms with Crippen molar-refractivity contribution in [2.75, 3.05) is 33.4 Å². The fourth-order valence-electron chi connectivity index (χ4n) is 2.82. The number of halogens is 1. The molecule has 0 spiro atoms. The van der Waals surface area contributed by atoms with E-state index in [9.17, 15) is 13.2 Å². The van der Waals surface area contributed by atoms with E-state index in [4.69, 9.17) is 21.1 Å². The van der Waals surface area contributed by atoms with Gasteiger partial charge in [0.1, 0.15) is 5.75 Å². The number of benzene rings is 2. The summed E-state index contributed by atoms with van der Waals surface area (Å²) in [7, 11) is -2.37. The first-order valence-electron chi connectivity index (χ1n) is 8.70. The van der Waals surface area contributed by atoms with Gasteiger partial charge in [-0.25, -0.2) is 13.1 Å². The lowest BCUT2D eigenvalue weighted by Gasteiger charge is -2.27. The van der Waals surface area contributed by atoms with Gasteiger partial charge in [0.2, 0.25) is 10.0 Å². The highest BCUT2D eigenvalue weighted by atomic mass is 35.5. The molecule has 1 N–H and O–H groups in total. The number of hydrogen-bond acceptors (Lipinski definition) is 5. The lowest BCUT2D eigenvalue weighted by atomic mass is 10.1. The number of hydrogen-bond donors (Lipinski definition) is 1. The normalized spacial score (nSPS) is 14.7. The van der Waals surface area contributed by atoms with Crippen LogP contribution in [0.3, 0.4) is 0 Å². The molecule has 2 aromatic rings. The van der Waals surface area contributed by atoms with Crippen molar-refractivity contribution in [3.63, 3.8) is 0 Å². The smallest absolute Gasteiger partial charge is 0.257 e. The Balaban J connectivity index is 1.82. The highest BCUT2D eigenvalue weighted by molar-refractivity contribution is 7.89. The second-order valence-corrected chi connectivity index (χ2v) is 8.42. The Morgan fingerprint density at radius 1 is 1.18 bits per heavy atom. The molecular formula is C19H21ClN2O5S. The number of rotatable bonds is 6. The standard InChI is InChI=1S/C19H21ClN2O5S/c1-26-18-7-6-16(12-17(18)19(23)22-8-10-27-11-9-22)28(24,25)21-13-14-2-4-15(20)5-3-14/h2-7,12,21H,8-11,13H2,1H3. The van der Waals surface area contributed by atoms with E-state index in [1.807, 2.05) is 0 Å². The summed E-state index contributed by atoms with van der Waals surface area (Å²) in [6.45, 7) is 1.92. The van der Waals surface area contributed by atoms with Crippen LogP contribution in [0.5, 0.6) is 5.75 Å². The molecular weight excluding hydrogens is 404 g/mol. The zero-order valence-electron chi connectivity index (χ0n) is 15.4. The summed E-state index contributed by atoms with van der Waals surface area (Å²) >= 11 is 5.84. The van der Waals surface area contributed by atoms with Crippen LogP contribution in [0.15, 0.2) is 47.4 Å². The van der Waals surface area contributed by atoms with Crippen molar-refractivity contribution in [2.45, 2.75) is 11.4 Å². The molecule has 1 heterocycles. The molecule has 0 aromatic heterocycles. The lowest BCUT2D eigenvalue weighted by Crippen LogP contribution is -2.40. The van der Waals surface area contributed by atoms with Gasteiger partial charge in [-0.15, -0.1) is 0 Å². The SMILES string of the molecule is COc1ccc(S(=O)(=O)NCc2ccc(Cl)cc2)cc1C(=O)N1CCOCC1. The quantitative estimate of drug-likeness (QED) is 0.769. The van der Waals surface area contributed by atoms with E-state index in [2.05, 4.69) is 4.72 Å². The molecule has 1 aliphatic heterocycles. The van der Waals surface area contributed by atoms with Crippen LogP contribution < -0.4 is 9.46 Å². The van der Waals surface area contributed by atoms with Gasteiger partial charge < -0.3 is 14.4 Å². The van der Waals surface area contributed by atoms with Gasteiger partial charge in [-0.2, -0.15) is 0 Å². The molecule has 0 radical (unpaired) electrons. The maximum Gasteiger partial charge on any atom is 0.257 e. The van der Waals surface area contributed by atoms with Crippen LogP contribution in [-0.2, 0) is 21.3 Å². The molecule has 1 amide bonds. The first kappa shape index (κ1) is 20.6. The summed E-state index contributed by atoms with van der Waals surface area (Å²) in [6.07, 6.45) is 0. The summed E-state index contributed by atoms with van der Waals surface area (Å²) < 4.78 is 38.5. The van der Waals surface area contributed by atoms with Crippen molar-refractivity contribution in [3.05, 3.63) is 58.6 Å². The van der Waals surface area contributed by atoms with Crippen LogP contribution in [0, 0.1) is 0 Å². The van der Waals surface area contributed by atoms with Crippen LogP contribution >= 0.6 is 11.6 Å². The second kappa shape index (κ2) is 8.91. The highest BCUT2D eigenvalue weighted by Crippen LogP contribution is 2.24. The molecule has 0 saturated carbocycles. The van der Waals surface area contributed by atoms with Crippen molar-refractivity contribution < 1.29 is 22.7 Å². The Bertz CT molecular complexity index is 941. The van der Waals surface area contributed by atoms with Gasteiger partial charge in [0, 0.05) is 24.7 Å². The number of morpholine rings is 1. The predicted octanol–water partition coefficient (Wildman–Crippen LogP) is 2.30. The number of ether oxygens (including phenoxy) is 2. The Hall–Kier alpha value is -2.13. The van der Waals surface area contributed by atoms with Crippen molar-refractivity contribution in [3.8, 4) is 5.75 Å². The molecule has 0 aliphatic carbocycles. The summed E-state index contributed by atoms with van der Waals surface area (Å²) in [6, 6.07) is 11.1. The summed E-state index contributed by atoms with van der Waals surface area (Å²) in [5.74, 6) is 0.0445. The minimum absolute atomic E-state index is 0.00104. The number of nitrogens with zero attached hydrogens (tertiary/aromatic N) is 1. The maximum atomic E-state index is 12.8. The van der Waals surface area contributed by atoms with Gasteiger partial charge in [-0.1, -0.05) is 23.7 Å². The van der Waals surface area contributed by atoms with Crippen LogP contribution in [-0.4, -0.2) is 52.6 Å². The molecule has 7 nitrogen and oxygen atoms in total. The Morgan fingerprint density at radius 3 is 2.50 bits per heavy atom. The third-order valence-corrected chi connectivity index (χ3v) is 6.04. The van der Waals surface area contributed by atoms with E-state index in [0.717, 1.165) is 5.56 Å². The highest BCUT2D eigenvalue weighted by Gasteiger charge is 2.24. The van der Waals surface area contributed by atoms with E-state index in [1.165, 1.54) is 25.3 Å². The Kier molecular flexibility index (Phi) is 6.56. The van der Waals surface area contributed by atoms with Crippen LogP contribution in [0.4, 0.5) is 0 Å². The fourth-order valence-corrected chi connectivity index (χ4v) is 3.99. The van der Waals surface area contributed by atoms with Crippen molar-refractivity contribution in [1.29, 1.82) is 0 Å². The number of nitrogens with one attached hydrogen (secondary N) is 1. The third kappa shape index (κ3) is 4.82. The molecule has 1 fully saturated rings. The lowest BCUT2D eigenvalue weighted by molar-refractivity contribution is 0.0300. The largest absolute Gasteiger partial charge is 0.496 e. The van der Waals surface area contributed by atoms with E-state index < -0.39 is 10.0 Å². The molecule has 1 saturated heterocycles. The third-order valence-electron chi connectivity index (χ3n) is 4.39. The molecule has 28 heavy (non-hydrogen) atoms. The maximum absolute atomic E-state index is 12.8. The number of carbonyl (C=O) groups is 1. The first-order chi connectivity index (χ1) is 13.4. The summed E-state index contributed by atoms with van der Waals surface area (Å²) in [5.41, 5.74) is 0.977. The van der Waals surface area contributed by atoms with Crippen LogP contribution in [0.25, 0.3) is 0 Å². The zero-order valence-corrected chi connectivity index (χ0v) is 16.9. The van der Waals surface area contributed by atoms with Gasteiger partial charge in [-0.05, 0) is 35.9 Å². The molecule has 9 heteroatoms. The molecule has 1 aliphatic rings. The van der Waals surface area contributed by atoms with Gasteiger partial charge >= 0.3 is 0 Å². The fraction of sp³-hybridized carbons (Fsp3) is 0.316. The minimum Gasteiger partial charge on any atom is -0.496 e. The van der Waals surface area contributed by atoms with Gasteiger partial charge in [0.15, 0.2) is 0 Å². The average Bonchev–Trinajstić information content (AvgIpc) is 2.73. The number of sulfonamides is 1. The van der Waals surface area contributed by atoms with E-state index >= 15 is 0 Å². The molecule has 0 unspecified atom stereocenters. The topological polar surface area (TPSA) is 84.9 Å². The summed E-state index contributed by atoms with van der Waals surface area (Å²) in [4.78, 5) is 14.5. The molecule has 0 bridgehead atoms. The van der Waals surface area contributed by atoms with Gasteiger partial charge in [0.05, 0.1) is 30.8 Å². The van der Waals surface area contributed by atoms with E-state index in [0.29, 0.717) is 37.1 Å². The number of carbonyl (C=O) groups excluding carboxylic acids is 1. The second-order valence-electron chi connectivity index (χ2n) is 6.22. The van der Waals surface area contributed by atoms with Crippen molar-refractivity contribution in [2.24, 2.45) is 0 Å². The van der Waals surface area contributed by atoms with Crippen LogP contribution in [0.2, 0.25) is 5.02 Å². The average molecular weight is 425 g/mol. The van der Waals surface area contributed by atoms with Crippen LogP contribution in [0.1, 0.15) is 15.9 Å². The summed E-state index contributed by atoms with van der Waals surface area (Å²) in [5, 5.41) is 0.577. The minimum atomic E-state index is -3.81. The zero-order chi connectivity index (χ0) is 20.1. The Morgan fingerprint density at radius 2 is 1.86 bits per heavy atom. The van der Waals surface area contributed by atoms with Crippen molar-refractivity contribution in [1.82, 2.24) is 9.62 Å². The number of amides is 1. The molecule has 150 valence electrons. The molecule has 3 rings (SSSR count). The molecule has 2 aromatic carbocycles.